The largest absolute Gasteiger partial charge is 0.491 e. The third-order valence-electron chi connectivity index (χ3n) is 3.17. The molecular formula is C16H26N2O4S. The Morgan fingerprint density at radius 3 is 2.17 bits per heavy atom. The van der Waals surface area contributed by atoms with E-state index >= 15 is 0 Å². The monoisotopic (exact) mass is 342 g/mol. The van der Waals surface area contributed by atoms with Crippen LogP contribution in [0.15, 0.2) is 24.3 Å². The van der Waals surface area contributed by atoms with Crippen LogP contribution in [-0.4, -0.2) is 32.2 Å². The van der Waals surface area contributed by atoms with Crippen LogP contribution >= 0.6 is 0 Å². The maximum absolute atomic E-state index is 12.0. The fourth-order valence-corrected chi connectivity index (χ4v) is 3.02. The van der Waals surface area contributed by atoms with Crippen molar-refractivity contribution in [2.24, 2.45) is 0 Å². The summed E-state index contributed by atoms with van der Waals surface area (Å²) in [7, 11) is -3.73. The SMILES string of the molecule is CCC(CC)NC(=O)CS(=O)(=O)Nc1ccc(OC(C)C)cc1. The predicted octanol–water partition coefficient (Wildman–Crippen LogP) is 2.52. The van der Waals surface area contributed by atoms with Crippen molar-refractivity contribution in [3.8, 4) is 5.75 Å². The van der Waals surface area contributed by atoms with Gasteiger partial charge in [-0.05, 0) is 51.0 Å². The molecule has 0 saturated carbocycles. The van der Waals surface area contributed by atoms with E-state index in [2.05, 4.69) is 10.0 Å². The minimum Gasteiger partial charge on any atom is -0.491 e. The second-order valence-electron chi connectivity index (χ2n) is 5.63. The van der Waals surface area contributed by atoms with Gasteiger partial charge in [-0.3, -0.25) is 9.52 Å². The smallest absolute Gasteiger partial charge is 0.241 e. The first kappa shape index (κ1) is 19.3. The summed E-state index contributed by atoms with van der Waals surface area (Å²) in [5.74, 6) is -0.423. The van der Waals surface area contributed by atoms with Crippen LogP contribution in [-0.2, 0) is 14.8 Å². The van der Waals surface area contributed by atoms with Gasteiger partial charge in [0.1, 0.15) is 11.5 Å². The molecule has 0 radical (unpaired) electrons. The number of carbonyl (C=O) groups is 1. The maximum Gasteiger partial charge on any atom is 0.241 e. The quantitative estimate of drug-likeness (QED) is 0.722. The minimum atomic E-state index is -3.73. The van der Waals surface area contributed by atoms with Crippen LogP contribution in [0.3, 0.4) is 0 Å². The molecule has 1 amide bonds. The molecule has 0 aliphatic carbocycles. The Labute approximate surface area is 138 Å². The second-order valence-corrected chi connectivity index (χ2v) is 7.36. The molecule has 0 saturated heterocycles. The lowest BCUT2D eigenvalue weighted by Crippen LogP contribution is -2.39. The number of hydrogen-bond acceptors (Lipinski definition) is 4. The molecule has 7 heteroatoms. The first-order valence-corrected chi connectivity index (χ1v) is 9.47. The van der Waals surface area contributed by atoms with Crippen molar-refractivity contribution in [1.29, 1.82) is 0 Å². The summed E-state index contributed by atoms with van der Waals surface area (Å²) < 4.78 is 31.9. The van der Waals surface area contributed by atoms with Crippen LogP contribution in [0.5, 0.6) is 5.75 Å². The highest BCUT2D eigenvalue weighted by Gasteiger charge is 2.18. The summed E-state index contributed by atoms with van der Waals surface area (Å²) in [5, 5.41) is 2.71. The standard InChI is InChI=1S/C16H26N2O4S/c1-5-13(6-2)17-16(19)11-23(20,21)18-14-7-9-15(10-8-14)22-12(3)4/h7-10,12-13,18H,5-6,11H2,1-4H3,(H,17,19). The van der Waals surface area contributed by atoms with E-state index in [1.807, 2.05) is 27.7 Å². The number of ether oxygens (including phenoxy) is 1. The molecule has 0 aliphatic heterocycles. The van der Waals surface area contributed by atoms with E-state index in [-0.39, 0.29) is 12.1 Å². The van der Waals surface area contributed by atoms with Crippen LogP contribution in [0, 0.1) is 0 Å². The highest BCUT2D eigenvalue weighted by atomic mass is 32.2. The van der Waals surface area contributed by atoms with E-state index < -0.39 is 21.7 Å². The Bertz CT molecular complexity index is 593. The fraction of sp³-hybridized carbons (Fsp3) is 0.562. The number of rotatable bonds is 9. The Balaban J connectivity index is 2.62. The van der Waals surface area contributed by atoms with Crippen LogP contribution in [0.4, 0.5) is 5.69 Å². The molecule has 0 bridgehead atoms. The summed E-state index contributed by atoms with van der Waals surface area (Å²) in [6.07, 6.45) is 1.59. The van der Waals surface area contributed by atoms with Crippen molar-refractivity contribution in [2.45, 2.75) is 52.7 Å². The van der Waals surface area contributed by atoms with Gasteiger partial charge < -0.3 is 10.1 Å². The molecule has 1 aromatic rings. The van der Waals surface area contributed by atoms with E-state index in [1.165, 1.54) is 0 Å². The van der Waals surface area contributed by atoms with Gasteiger partial charge in [0.15, 0.2) is 0 Å². The van der Waals surface area contributed by atoms with Gasteiger partial charge in [0, 0.05) is 11.7 Å². The predicted molar refractivity (Wildman–Crippen MR) is 92.1 cm³/mol. The lowest BCUT2D eigenvalue weighted by atomic mass is 10.2. The van der Waals surface area contributed by atoms with Gasteiger partial charge in [0.05, 0.1) is 6.10 Å². The van der Waals surface area contributed by atoms with Gasteiger partial charge in [-0.15, -0.1) is 0 Å². The van der Waals surface area contributed by atoms with Crippen molar-refractivity contribution in [3.05, 3.63) is 24.3 Å². The molecule has 0 unspecified atom stereocenters. The van der Waals surface area contributed by atoms with Crippen molar-refractivity contribution < 1.29 is 17.9 Å². The van der Waals surface area contributed by atoms with E-state index in [0.717, 1.165) is 12.8 Å². The van der Waals surface area contributed by atoms with Crippen molar-refractivity contribution in [1.82, 2.24) is 5.32 Å². The Kier molecular flexibility index (Phi) is 7.35. The average molecular weight is 342 g/mol. The highest BCUT2D eigenvalue weighted by molar-refractivity contribution is 7.93. The highest BCUT2D eigenvalue weighted by Crippen LogP contribution is 2.17. The molecule has 0 atom stereocenters. The molecule has 0 fully saturated rings. The Morgan fingerprint density at radius 1 is 1.13 bits per heavy atom. The maximum atomic E-state index is 12.0. The molecule has 1 aromatic carbocycles. The Morgan fingerprint density at radius 2 is 1.70 bits per heavy atom. The molecule has 1 rings (SSSR count). The summed E-state index contributed by atoms with van der Waals surface area (Å²) in [4.78, 5) is 11.8. The second kappa shape index (κ2) is 8.76. The molecule has 0 aromatic heterocycles. The molecule has 130 valence electrons. The van der Waals surface area contributed by atoms with Gasteiger partial charge in [-0.25, -0.2) is 8.42 Å². The van der Waals surface area contributed by atoms with Gasteiger partial charge in [-0.1, -0.05) is 13.8 Å². The molecule has 23 heavy (non-hydrogen) atoms. The van der Waals surface area contributed by atoms with E-state index in [4.69, 9.17) is 4.74 Å². The number of anilines is 1. The minimum absolute atomic E-state index is 0.00478. The lowest BCUT2D eigenvalue weighted by molar-refractivity contribution is -0.119. The summed E-state index contributed by atoms with van der Waals surface area (Å²) >= 11 is 0. The number of sulfonamides is 1. The zero-order valence-corrected chi connectivity index (χ0v) is 14.9. The average Bonchev–Trinajstić information content (AvgIpc) is 2.45. The van der Waals surface area contributed by atoms with Gasteiger partial charge in [-0.2, -0.15) is 0 Å². The Hall–Kier alpha value is -1.76. The van der Waals surface area contributed by atoms with Crippen molar-refractivity contribution in [3.63, 3.8) is 0 Å². The third-order valence-corrected chi connectivity index (χ3v) is 4.36. The molecule has 0 aliphatic rings. The summed E-state index contributed by atoms with van der Waals surface area (Å²) in [6.45, 7) is 7.72. The first-order valence-electron chi connectivity index (χ1n) is 7.82. The van der Waals surface area contributed by atoms with Gasteiger partial charge in [0.2, 0.25) is 15.9 Å². The summed E-state index contributed by atoms with van der Waals surface area (Å²) in [5.41, 5.74) is 0.399. The van der Waals surface area contributed by atoms with Crippen LogP contribution in [0.25, 0.3) is 0 Å². The van der Waals surface area contributed by atoms with E-state index in [9.17, 15) is 13.2 Å². The number of carbonyl (C=O) groups excluding carboxylic acids is 1. The number of hydrogen-bond donors (Lipinski definition) is 2. The third kappa shape index (κ3) is 7.36. The van der Waals surface area contributed by atoms with E-state index in [1.54, 1.807) is 24.3 Å². The van der Waals surface area contributed by atoms with Crippen LogP contribution in [0.2, 0.25) is 0 Å². The van der Waals surface area contributed by atoms with Gasteiger partial charge >= 0.3 is 0 Å². The molecule has 6 nitrogen and oxygen atoms in total. The number of benzene rings is 1. The molecular weight excluding hydrogens is 316 g/mol. The molecule has 2 N–H and O–H groups in total. The fourth-order valence-electron chi connectivity index (χ4n) is 2.02. The molecule has 0 heterocycles. The topological polar surface area (TPSA) is 84.5 Å². The zero-order valence-electron chi connectivity index (χ0n) is 14.1. The normalized spacial score (nSPS) is 11.6. The van der Waals surface area contributed by atoms with Crippen molar-refractivity contribution >= 4 is 21.6 Å². The zero-order chi connectivity index (χ0) is 17.5. The molecule has 0 spiro atoms. The van der Waals surface area contributed by atoms with Crippen LogP contribution < -0.4 is 14.8 Å². The lowest BCUT2D eigenvalue weighted by Gasteiger charge is -2.15. The van der Waals surface area contributed by atoms with Gasteiger partial charge in [0.25, 0.3) is 0 Å². The van der Waals surface area contributed by atoms with Crippen LogP contribution in [0.1, 0.15) is 40.5 Å². The first-order chi connectivity index (χ1) is 10.8. The van der Waals surface area contributed by atoms with E-state index in [0.29, 0.717) is 11.4 Å². The number of nitrogens with one attached hydrogen (secondary N) is 2. The summed E-state index contributed by atoms with van der Waals surface area (Å²) in [6, 6.07) is 6.58. The van der Waals surface area contributed by atoms with Crippen molar-refractivity contribution in [2.75, 3.05) is 10.5 Å². The number of amides is 1.